The van der Waals surface area contributed by atoms with Crippen LogP contribution in [0.1, 0.15) is 19.4 Å². The standard InChI is InChI=1S/C15H19F2NO3/c1-4-10-18-15(3,13(19)20-5-2)11-6-8-12(9-7-11)21-14(16)17/h4,6-9,14,18H,1,5,10H2,2-3H3. The summed E-state index contributed by atoms with van der Waals surface area (Å²) in [6, 6.07) is 5.86. The fourth-order valence-corrected chi connectivity index (χ4v) is 1.81. The Morgan fingerprint density at radius 2 is 2.05 bits per heavy atom. The van der Waals surface area contributed by atoms with Crippen molar-refractivity contribution in [2.75, 3.05) is 13.2 Å². The molecule has 0 heterocycles. The minimum Gasteiger partial charge on any atom is -0.464 e. The lowest BCUT2D eigenvalue weighted by atomic mass is 9.92. The van der Waals surface area contributed by atoms with Crippen molar-refractivity contribution in [1.82, 2.24) is 5.32 Å². The van der Waals surface area contributed by atoms with Gasteiger partial charge in [0, 0.05) is 6.54 Å². The number of ether oxygens (including phenoxy) is 2. The number of carbonyl (C=O) groups is 1. The molecule has 1 unspecified atom stereocenters. The Bertz CT molecular complexity index is 476. The van der Waals surface area contributed by atoms with Crippen molar-refractivity contribution in [3.63, 3.8) is 0 Å². The van der Waals surface area contributed by atoms with Gasteiger partial charge >= 0.3 is 12.6 Å². The van der Waals surface area contributed by atoms with E-state index in [0.717, 1.165) is 0 Å². The van der Waals surface area contributed by atoms with Gasteiger partial charge in [0.25, 0.3) is 0 Å². The maximum atomic E-state index is 12.2. The number of hydrogen-bond acceptors (Lipinski definition) is 4. The van der Waals surface area contributed by atoms with Gasteiger partial charge in [0.1, 0.15) is 11.3 Å². The molecular weight excluding hydrogens is 280 g/mol. The van der Waals surface area contributed by atoms with Gasteiger partial charge in [-0.2, -0.15) is 8.78 Å². The summed E-state index contributed by atoms with van der Waals surface area (Å²) >= 11 is 0. The van der Waals surface area contributed by atoms with E-state index in [-0.39, 0.29) is 12.4 Å². The third-order valence-corrected chi connectivity index (χ3v) is 2.94. The second-order valence-corrected chi connectivity index (χ2v) is 4.42. The van der Waals surface area contributed by atoms with Crippen LogP contribution in [0.25, 0.3) is 0 Å². The first-order valence-corrected chi connectivity index (χ1v) is 6.52. The third kappa shape index (κ3) is 4.53. The molecular formula is C15H19F2NO3. The van der Waals surface area contributed by atoms with Gasteiger partial charge < -0.3 is 9.47 Å². The Kier molecular flexibility index (Phi) is 6.30. The highest BCUT2D eigenvalue weighted by molar-refractivity contribution is 5.82. The van der Waals surface area contributed by atoms with Crippen LogP contribution in [0.5, 0.6) is 5.75 Å². The van der Waals surface area contributed by atoms with Gasteiger partial charge in [0.15, 0.2) is 0 Å². The number of esters is 1. The molecule has 0 bridgehead atoms. The highest BCUT2D eigenvalue weighted by Gasteiger charge is 2.36. The molecule has 0 amide bonds. The maximum absolute atomic E-state index is 12.2. The molecule has 4 nitrogen and oxygen atoms in total. The summed E-state index contributed by atoms with van der Waals surface area (Å²) < 4.78 is 33.6. The first-order chi connectivity index (χ1) is 9.93. The molecule has 116 valence electrons. The van der Waals surface area contributed by atoms with Crippen molar-refractivity contribution in [2.45, 2.75) is 26.0 Å². The molecule has 0 saturated carbocycles. The highest BCUT2D eigenvalue weighted by atomic mass is 19.3. The Balaban J connectivity index is 3.02. The fourth-order valence-electron chi connectivity index (χ4n) is 1.81. The minimum absolute atomic E-state index is 0.0312. The van der Waals surface area contributed by atoms with Gasteiger partial charge in [-0.25, -0.2) is 4.79 Å². The van der Waals surface area contributed by atoms with E-state index >= 15 is 0 Å². The Hall–Kier alpha value is -1.95. The third-order valence-electron chi connectivity index (χ3n) is 2.94. The number of benzene rings is 1. The van der Waals surface area contributed by atoms with E-state index < -0.39 is 18.1 Å². The van der Waals surface area contributed by atoms with Crippen LogP contribution in [0.2, 0.25) is 0 Å². The smallest absolute Gasteiger partial charge is 0.387 e. The van der Waals surface area contributed by atoms with Crippen molar-refractivity contribution >= 4 is 5.97 Å². The SMILES string of the molecule is C=CCNC(C)(C(=O)OCC)c1ccc(OC(F)F)cc1. The predicted octanol–water partition coefficient (Wildman–Crippen LogP) is 2.84. The van der Waals surface area contributed by atoms with E-state index in [2.05, 4.69) is 16.6 Å². The summed E-state index contributed by atoms with van der Waals surface area (Å²) in [7, 11) is 0. The maximum Gasteiger partial charge on any atom is 0.387 e. The summed E-state index contributed by atoms with van der Waals surface area (Å²) in [6.07, 6.45) is 1.62. The van der Waals surface area contributed by atoms with E-state index in [1.54, 1.807) is 32.1 Å². The van der Waals surface area contributed by atoms with E-state index in [9.17, 15) is 13.6 Å². The quantitative estimate of drug-likeness (QED) is 0.592. The molecule has 1 N–H and O–H groups in total. The number of nitrogens with one attached hydrogen (secondary N) is 1. The average Bonchev–Trinajstić information content (AvgIpc) is 2.45. The number of hydrogen-bond donors (Lipinski definition) is 1. The molecule has 0 spiro atoms. The van der Waals surface area contributed by atoms with E-state index in [1.807, 2.05) is 0 Å². The van der Waals surface area contributed by atoms with Crippen LogP contribution in [0.15, 0.2) is 36.9 Å². The normalized spacial score (nSPS) is 13.6. The first kappa shape index (κ1) is 17.1. The van der Waals surface area contributed by atoms with Crippen LogP contribution < -0.4 is 10.1 Å². The topological polar surface area (TPSA) is 47.6 Å². The molecule has 1 aromatic rings. The predicted molar refractivity (Wildman–Crippen MR) is 75.3 cm³/mol. The van der Waals surface area contributed by atoms with E-state index in [4.69, 9.17) is 4.74 Å². The van der Waals surface area contributed by atoms with E-state index in [0.29, 0.717) is 12.1 Å². The zero-order valence-electron chi connectivity index (χ0n) is 12.1. The van der Waals surface area contributed by atoms with Crippen LogP contribution in [-0.4, -0.2) is 25.7 Å². The fraction of sp³-hybridized carbons (Fsp3) is 0.400. The van der Waals surface area contributed by atoms with Gasteiger partial charge in [-0.05, 0) is 31.5 Å². The van der Waals surface area contributed by atoms with Crippen LogP contribution in [0, 0.1) is 0 Å². The largest absolute Gasteiger partial charge is 0.464 e. The molecule has 21 heavy (non-hydrogen) atoms. The molecule has 0 saturated heterocycles. The molecule has 1 aromatic carbocycles. The lowest BCUT2D eigenvalue weighted by Gasteiger charge is -2.28. The van der Waals surface area contributed by atoms with Gasteiger partial charge in [-0.1, -0.05) is 18.2 Å². The number of alkyl halides is 2. The second-order valence-electron chi connectivity index (χ2n) is 4.42. The molecule has 1 atom stereocenters. The summed E-state index contributed by atoms with van der Waals surface area (Å²) in [6.45, 7) is 4.73. The number of halogens is 2. The Labute approximate surface area is 122 Å². The van der Waals surface area contributed by atoms with Crippen molar-refractivity contribution in [2.24, 2.45) is 0 Å². The summed E-state index contributed by atoms with van der Waals surface area (Å²) in [5.41, 5.74) is -0.502. The summed E-state index contributed by atoms with van der Waals surface area (Å²) in [5, 5.41) is 3.03. The van der Waals surface area contributed by atoms with Crippen LogP contribution in [-0.2, 0) is 15.1 Å². The Morgan fingerprint density at radius 3 is 2.52 bits per heavy atom. The first-order valence-electron chi connectivity index (χ1n) is 6.52. The van der Waals surface area contributed by atoms with Gasteiger partial charge in [-0.3, -0.25) is 5.32 Å². The van der Waals surface area contributed by atoms with Crippen molar-refractivity contribution in [3.05, 3.63) is 42.5 Å². The Morgan fingerprint density at radius 1 is 1.43 bits per heavy atom. The van der Waals surface area contributed by atoms with Crippen LogP contribution in [0.3, 0.4) is 0 Å². The molecule has 0 aromatic heterocycles. The van der Waals surface area contributed by atoms with Crippen LogP contribution in [0.4, 0.5) is 8.78 Å². The van der Waals surface area contributed by atoms with Crippen LogP contribution >= 0.6 is 0 Å². The minimum atomic E-state index is -2.88. The molecule has 0 aliphatic carbocycles. The lowest BCUT2D eigenvalue weighted by Crippen LogP contribution is -2.47. The van der Waals surface area contributed by atoms with Crippen molar-refractivity contribution in [3.8, 4) is 5.75 Å². The monoisotopic (exact) mass is 299 g/mol. The molecule has 0 aliphatic heterocycles. The highest BCUT2D eigenvalue weighted by Crippen LogP contribution is 2.25. The van der Waals surface area contributed by atoms with Gasteiger partial charge in [-0.15, -0.1) is 6.58 Å². The summed E-state index contributed by atoms with van der Waals surface area (Å²) in [5.74, 6) is -0.418. The van der Waals surface area contributed by atoms with Crippen molar-refractivity contribution in [1.29, 1.82) is 0 Å². The molecule has 1 rings (SSSR count). The molecule has 6 heteroatoms. The molecule has 0 radical (unpaired) electrons. The second kappa shape index (κ2) is 7.73. The van der Waals surface area contributed by atoms with Gasteiger partial charge in [0.05, 0.1) is 6.61 Å². The summed E-state index contributed by atoms with van der Waals surface area (Å²) in [4.78, 5) is 12.2. The van der Waals surface area contributed by atoms with Crippen molar-refractivity contribution < 1.29 is 23.0 Å². The van der Waals surface area contributed by atoms with E-state index in [1.165, 1.54) is 12.1 Å². The zero-order chi connectivity index (χ0) is 15.9. The molecule has 0 aliphatic rings. The zero-order valence-corrected chi connectivity index (χ0v) is 12.1. The number of rotatable bonds is 8. The average molecular weight is 299 g/mol. The van der Waals surface area contributed by atoms with Gasteiger partial charge in [0.2, 0.25) is 0 Å². The molecule has 0 fully saturated rings. The lowest BCUT2D eigenvalue weighted by molar-refractivity contribution is -0.150. The number of carbonyl (C=O) groups excluding carboxylic acids is 1.